The first-order chi connectivity index (χ1) is 41.2. The van der Waals surface area contributed by atoms with Gasteiger partial charge in [-0.2, -0.15) is 0 Å². The normalized spacial score (nSPS) is 16.8. The van der Waals surface area contributed by atoms with Crippen molar-refractivity contribution in [1.29, 1.82) is 0 Å². The molecule has 0 saturated carbocycles. The molecule has 0 bridgehead atoms. The molecule has 2 saturated heterocycles. The highest BCUT2D eigenvalue weighted by Gasteiger charge is 2.43. The molecular formula is C62H63BrF4N8O11. The maximum absolute atomic E-state index is 14.4. The van der Waals surface area contributed by atoms with Crippen LogP contribution in [0.25, 0.3) is 21.7 Å². The number of methoxy groups -OCH3 is 1. The van der Waals surface area contributed by atoms with Gasteiger partial charge in [0.05, 0.1) is 63.5 Å². The summed E-state index contributed by atoms with van der Waals surface area (Å²) < 4.78 is 84.3. The molecule has 24 heteroatoms. The fourth-order valence-corrected chi connectivity index (χ4v) is 10.8. The Morgan fingerprint density at radius 3 is 2.35 bits per heavy atom. The van der Waals surface area contributed by atoms with Gasteiger partial charge in [0.15, 0.2) is 0 Å². The molecule has 3 aliphatic heterocycles. The van der Waals surface area contributed by atoms with Gasteiger partial charge in [-0.15, -0.1) is 13.2 Å². The van der Waals surface area contributed by atoms with Crippen LogP contribution >= 0.6 is 15.9 Å². The molecule has 0 spiro atoms. The molecule has 452 valence electrons. The lowest BCUT2D eigenvalue weighted by Crippen LogP contribution is -2.38. The van der Waals surface area contributed by atoms with Crippen molar-refractivity contribution in [3.8, 4) is 17.6 Å². The number of carbonyl (C=O) groups is 2. The first-order valence-corrected chi connectivity index (χ1v) is 28.2. The summed E-state index contributed by atoms with van der Waals surface area (Å²) in [4.78, 5) is 47.0. The number of fused-ring (bicyclic) bond motifs is 3. The number of halogens is 5. The van der Waals surface area contributed by atoms with E-state index in [1.165, 1.54) is 52.9 Å². The maximum Gasteiger partial charge on any atom is 0.573 e. The number of morpholine rings is 1. The minimum absolute atomic E-state index is 0.145. The van der Waals surface area contributed by atoms with E-state index < -0.39 is 35.0 Å². The van der Waals surface area contributed by atoms with Crippen LogP contribution in [0.5, 0.6) is 17.6 Å². The Bertz CT molecular complexity index is 3650. The predicted molar refractivity (Wildman–Crippen MR) is 317 cm³/mol. The quantitative estimate of drug-likeness (QED) is 0.0494. The van der Waals surface area contributed by atoms with E-state index in [9.17, 15) is 42.4 Å². The highest BCUT2D eigenvalue weighted by molar-refractivity contribution is 9.10. The largest absolute Gasteiger partial charge is 0.573 e. The number of nitrogens with zero attached hydrogens (tertiary/aromatic N) is 7. The smallest absolute Gasteiger partial charge is 0.481 e. The van der Waals surface area contributed by atoms with Crippen molar-refractivity contribution in [1.82, 2.24) is 24.8 Å². The number of ether oxygens (including phenoxy) is 6. The second-order valence-corrected chi connectivity index (χ2v) is 21.7. The molecular weight excluding hydrogens is 1190 g/mol. The number of nitrogens with one attached hydrogen (secondary N) is 1. The Kier molecular flexibility index (Phi) is 20.0. The van der Waals surface area contributed by atoms with Crippen LogP contribution in [-0.4, -0.2) is 134 Å². The minimum Gasteiger partial charge on any atom is -0.481 e. The number of cyclic esters (lactones) is 1. The van der Waals surface area contributed by atoms with Gasteiger partial charge in [-0.25, -0.2) is 14.2 Å². The minimum atomic E-state index is -4.73. The zero-order valence-electron chi connectivity index (χ0n) is 47.4. The number of nitro groups is 1. The van der Waals surface area contributed by atoms with Crippen LogP contribution < -0.4 is 29.3 Å². The van der Waals surface area contributed by atoms with Crippen molar-refractivity contribution in [2.75, 3.05) is 83.5 Å². The lowest BCUT2D eigenvalue weighted by molar-refractivity contribution is -0.389. The second kappa shape index (κ2) is 27.7. The third kappa shape index (κ3) is 15.5. The molecule has 11 rings (SSSR count). The predicted octanol–water partition coefficient (Wildman–Crippen LogP) is 10.9. The maximum atomic E-state index is 14.4. The summed E-state index contributed by atoms with van der Waals surface area (Å²) in [5, 5.41) is 29.4. The molecule has 2 N–H and O–H groups in total. The summed E-state index contributed by atoms with van der Waals surface area (Å²) in [5.41, 5.74) is 3.96. The number of carbonyl (C=O) groups excluding carboxylic acids is 2. The van der Waals surface area contributed by atoms with E-state index in [0.717, 1.165) is 42.8 Å². The van der Waals surface area contributed by atoms with Crippen molar-refractivity contribution in [2.24, 2.45) is 0 Å². The molecule has 2 fully saturated rings. The van der Waals surface area contributed by atoms with Gasteiger partial charge in [0.25, 0.3) is 0 Å². The Balaban J connectivity index is 0.000000160. The van der Waals surface area contributed by atoms with Crippen LogP contribution in [0, 0.1) is 15.9 Å². The third-order valence-corrected chi connectivity index (χ3v) is 15.0. The van der Waals surface area contributed by atoms with Gasteiger partial charge in [-0.3, -0.25) is 14.3 Å². The summed E-state index contributed by atoms with van der Waals surface area (Å²) >= 11 is 3.60. The van der Waals surface area contributed by atoms with Gasteiger partial charge in [-0.1, -0.05) is 101 Å². The fourth-order valence-electron chi connectivity index (χ4n) is 10.4. The van der Waals surface area contributed by atoms with Gasteiger partial charge in [-0.05, 0) is 107 Å². The molecule has 3 aliphatic rings. The van der Waals surface area contributed by atoms with Gasteiger partial charge in [0, 0.05) is 52.9 Å². The second-order valence-electron chi connectivity index (χ2n) is 20.8. The monoisotopic (exact) mass is 1250 g/mol. The van der Waals surface area contributed by atoms with Crippen molar-refractivity contribution in [2.45, 2.75) is 56.6 Å². The van der Waals surface area contributed by atoms with Gasteiger partial charge < -0.3 is 58.8 Å². The standard InChI is InChI=1S/C32H31BrN2O2.C16H20FN3O4.C14H12F3N3O5/c1-35(2)19-18-32(36,28-15-9-13-22-10-7-8-14-26(22)28)30(23-11-5-4-6-12-23)27-21-24-20-25(33)16-17-29(24)34-31(27)37-3;1-11(21)18-9-13-10-20(16(22)24-13)12-2-3-15(14(17)8-12)19-4-6-23-7-5-19;15-14(16,17)25-10-3-1-9(2-4-10)7-23-11-5-19-6-12(20(21)22)18-13(19)24-8-11/h4-17,20-21,30,36H,18-19H2,1-3H3;2-3,8,13H,4-7,9-10H2,1H3,(H,18,21);1-4,6,11H,5,7-8H2/t30-,32-;13-;11-/m100/s1. The van der Waals surface area contributed by atoms with E-state index in [-0.39, 0.29) is 61.7 Å². The number of hydrogen-bond acceptors (Lipinski definition) is 15. The molecule has 8 aromatic rings. The molecule has 6 aromatic carbocycles. The van der Waals surface area contributed by atoms with E-state index >= 15 is 0 Å². The van der Waals surface area contributed by atoms with Crippen LogP contribution in [0.15, 0.2) is 150 Å². The zero-order valence-corrected chi connectivity index (χ0v) is 49.0. The Labute approximate surface area is 501 Å². The van der Waals surface area contributed by atoms with Gasteiger partial charge >= 0.3 is 24.3 Å². The number of amides is 2. The number of hydrogen-bond donors (Lipinski definition) is 2. The van der Waals surface area contributed by atoms with E-state index in [2.05, 4.69) is 84.4 Å². The summed E-state index contributed by atoms with van der Waals surface area (Å²) in [7, 11) is 5.73. The van der Waals surface area contributed by atoms with Crippen LogP contribution in [0.2, 0.25) is 0 Å². The van der Waals surface area contributed by atoms with Crippen LogP contribution in [-0.2, 0) is 37.8 Å². The number of aliphatic hydroxyl groups is 1. The number of benzene rings is 6. The molecule has 2 aromatic heterocycles. The highest BCUT2D eigenvalue weighted by atomic mass is 79.9. The number of alkyl halides is 3. The molecule has 0 unspecified atom stereocenters. The van der Waals surface area contributed by atoms with Crippen molar-refractivity contribution < 1.29 is 65.6 Å². The number of aromatic nitrogens is 3. The topological polar surface area (TPSA) is 205 Å². The lowest BCUT2D eigenvalue weighted by Gasteiger charge is -2.39. The average molecular weight is 1250 g/mol. The van der Waals surface area contributed by atoms with Crippen LogP contribution in [0.1, 0.15) is 41.5 Å². The van der Waals surface area contributed by atoms with Crippen molar-refractivity contribution >= 4 is 66.8 Å². The molecule has 19 nitrogen and oxygen atoms in total. The first kappa shape index (κ1) is 62.1. The van der Waals surface area contributed by atoms with Gasteiger partial charge in [0.1, 0.15) is 42.2 Å². The summed E-state index contributed by atoms with van der Waals surface area (Å²) in [6, 6.07) is 43.0. The molecule has 0 radical (unpaired) electrons. The fraction of sp³-hybridized carbons (Fsp3) is 0.323. The molecule has 4 atom stereocenters. The SMILES string of the molecule is CC(=O)NC[C@H]1CN(c2ccc(N3CCOCC3)c(F)c2)C(=O)O1.COc1nc2ccc(Br)cc2cc1[C@@H](c1ccccc1)[C@@](O)(CCN(C)C)c1cccc2ccccc12.O=[N+]([O-])c1cn2c(n1)OC[C@@H](OCc1ccc(OC(F)(F)F)cc1)C2. The Morgan fingerprint density at radius 2 is 1.65 bits per heavy atom. The number of imidazole rings is 1. The molecule has 0 aliphatic carbocycles. The van der Waals surface area contributed by atoms with Crippen LogP contribution in [0.4, 0.5) is 39.5 Å². The van der Waals surface area contributed by atoms with E-state index in [1.54, 1.807) is 19.2 Å². The van der Waals surface area contributed by atoms with E-state index in [1.807, 2.05) is 67.5 Å². The van der Waals surface area contributed by atoms with Crippen LogP contribution in [0.3, 0.4) is 0 Å². The van der Waals surface area contributed by atoms with Gasteiger partial charge in [0.2, 0.25) is 11.8 Å². The highest BCUT2D eigenvalue weighted by Crippen LogP contribution is 2.49. The Morgan fingerprint density at radius 1 is 0.919 bits per heavy atom. The van der Waals surface area contributed by atoms with E-state index in [4.69, 9.17) is 28.7 Å². The molecule has 5 heterocycles. The third-order valence-electron chi connectivity index (χ3n) is 14.5. The summed E-state index contributed by atoms with van der Waals surface area (Å²) in [5.74, 6) is -1.10. The number of anilines is 2. The zero-order chi connectivity index (χ0) is 61.1. The lowest BCUT2D eigenvalue weighted by atomic mass is 9.70. The number of rotatable bonds is 17. The average Bonchev–Trinajstić information content (AvgIpc) is 1.11. The Hall–Kier alpha value is -8.42. The van der Waals surface area contributed by atoms with E-state index in [0.29, 0.717) is 68.6 Å². The van der Waals surface area contributed by atoms with Crippen molar-refractivity contribution in [3.05, 3.63) is 188 Å². The summed E-state index contributed by atoms with van der Waals surface area (Å²) in [6.07, 6.45) is -4.30. The number of pyridine rings is 1. The molecule has 2 amide bonds. The first-order valence-electron chi connectivity index (χ1n) is 27.4. The molecule has 86 heavy (non-hydrogen) atoms. The summed E-state index contributed by atoms with van der Waals surface area (Å²) in [6.45, 7) is 5.69. The van der Waals surface area contributed by atoms with Crippen molar-refractivity contribution in [3.63, 3.8) is 0 Å².